The van der Waals surface area contributed by atoms with Crippen LogP contribution in [0.1, 0.15) is 11.1 Å². The molecule has 0 radical (unpaired) electrons. The maximum absolute atomic E-state index is 14.1. The lowest BCUT2D eigenvalue weighted by atomic mass is 9.84. The normalized spacial score (nSPS) is 20.8. The Hall–Kier alpha value is -1.46. The largest absolute Gasteiger partial charge is 0.491 e. The molecule has 3 rings (SSSR count). The average molecular weight is 354 g/mol. The Bertz CT molecular complexity index is 692. The number of hydrogen-bond donors (Lipinski definition) is 1. The summed E-state index contributed by atoms with van der Waals surface area (Å²) in [5.74, 6) is -0.396. The predicted molar refractivity (Wildman–Crippen MR) is 80.3 cm³/mol. The maximum atomic E-state index is 14.1. The molecule has 1 aliphatic rings. The molecule has 1 aliphatic heterocycles. The molecule has 0 bridgehead atoms. The molecule has 21 heavy (non-hydrogen) atoms. The number of hydrogen-bond acceptors (Lipinski definition) is 2. The minimum atomic E-state index is -0.823. The van der Waals surface area contributed by atoms with Gasteiger partial charge in [0.2, 0.25) is 0 Å². The van der Waals surface area contributed by atoms with Crippen LogP contribution in [0.25, 0.3) is 0 Å². The second-order valence-corrected chi connectivity index (χ2v) is 6.29. The summed E-state index contributed by atoms with van der Waals surface area (Å²) in [5.41, 5.74) is 6.45. The van der Waals surface area contributed by atoms with Gasteiger partial charge in [-0.15, -0.1) is 0 Å². The van der Waals surface area contributed by atoms with Crippen molar-refractivity contribution in [1.29, 1.82) is 0 Å². The zero-order valence-corrected chi connectivity index (χ0v) is 12.8. The molecule has 2 N–H and O–H groups in total. The van der Waals surface area contributed by atoms with Gasteiger partial charge in [0.15, 0.2) is 0 Å². The Morgan fingerprint density at radius 3 is 2.76 bits per heavy atom. The first-order valence-corrected chi connectivity index (χ1v) is 7.40. The van der Waals surface area contributed by atoms with Gasteiger partial charge in [-0.25, -0.2) is 8.78 Å². The van der Waals surface area contributed by atoms with Gasteiger partial charge in [-0.3, -0.25) is 0 Å². The molecule has 1 unspecified atom stereocenters. The summed E-state index contributed by atoms with van der Waals surface area (Å²) in [7, 11) is 0. The van der Waals surface area contributed by atoms with Crippen molar-refractivity contribution < 1.29 is 13.5 Å². The molecule has 0 saturated carbocycles. The van der Waals surface area contributed by atoms with Crippen LogP contribution in [0.2, 0.25) is 0 Å². The van der Waals surface area contributed by atoms with Crippen LogP contribution in [0.5, 0.6) is 5.75 Å². The number of para-hydroxylation sites is 1. The molecule has 2 aromatic rings. The van der Waals surface area contributed by atoms with E-state index in [1.165, 1.54) is 12.1 Å². The molecule has 110 valence electrons. The molecule has 1 heterocycles. The van der Waals surface area contributed by atoms with Crippen LogP contribution >= 0.6 is 15.9 Å². The standard InChI is InChI=1S/C16H14BrF2NO/c17-12-5-6-13(18)11(15(12)19)8-16(20)7-10-3-1-2-4-14(10)21-9-16/h1-6H,7-9,20H2. The lowest BCUT2D eigenvalue weighted by Crippen LogP contribution is -2.52. The fraction of sp³-hybridized carbons (Fsp3) is 0.250. The number of fused-ring (bicyclic) bond motifs is 1. The van der Waals surface area contributed by atoms with Crippen molar-refractivity contribution in [2.45, 2.75) is 18.4 Å². The minimum Gasteiger partial charge on any atom is -0.491 e. The van der Waals surface area contributed by atoms with Crippen LogP contribution < -0.4 is 10.5 Å². The van der Waals surface area contributed by atoms with E-state index in [-0.39, 0.29) is 23.1 Å². The summed E-state index contributed by atoms with van der Waals surface area (Å²) in [4.78, 5) is 0. The molecule has 0 saturated heterocycles. The zero-order chi connectivity index (χ0) is 15.0. The van der Waals surface area contributed by atoms with Gasteiger partial charge in [-0.05, 0) is 52.5 Å². The van der Waals surface area contributed by atoms with Crippen molar-refractivity contribution in [3.63, 3.8) is 0 Å². The lowest BCUT2D eigenvalue weighted by molar-refractivity contribution is 0.187. The number of ether oxygens (including phenoxy) is 1. The highest BCUT2D eigenvalue weighted by molar-refractivity contribution is 9.10. The van der Waals surface area contributed by atoms with Crippen LogP contribution in [0.15, 0.2) is 40.9 Å². The molecule has 0 aromatic heterocycles. The Labute approximate surface area is 130 Å². The van der Waals surface area contributed by atoms with Crippen LogP contribution in [-0.2, 0) is 12.8 Å². The van der Waals surface area contributed by atoms with Gasteiger partial charge in [0.1, 0.15) is 24.0 Å². The average Bonchev–Trinajstić information content (AvgIpc) is 2.47. The van der Waals surface area contributed by atoms with E-state index < -0.39 is 17.2 Å². The summed E-state index contributed by atoms with van der Waals surface area (Å²) in [6, 6.07) is 10.2. The van der Waals surface area contributed by atoms with Crippen molar-refractivity contribution >= 4 is 15.9 Å². The zero-order valence-electron chi connectivity index (χ0n) is 11.2. The molecule has 0 fully saturated rings. The highest BCUT2D eigenvalue weighted by Gasteiger charge is 2.34. The summed E-state index contributed by atoms with van der Waals surface area (Å²) in [6.07, 6.45) is 0.604. The number of benzene rings is 2. The number of rotatable bonds is 2. The van der Waals surface area contributed by atoms with E-state index in [1.54, 1.807) is 0 Å². The highest BCUT2D eigenvalue weighted by atomic mass is 79.9. The first-order valence-electron chi connectivity index (χ1n) is 6.60. The molecule has 2 aromatic carbocycles. The van der Waals surface area contributed by atoms with Gasteiger partial charge < -0.3 is 10.5 Å². The predicted octanol–water partition coefficient (Wildman–Crippen LogP) is 3.60. The molecule has 5 heteroatoms. The van der Waals surface area contributed by atoms with Gasteiger partial charge in [-0.2, -0.15) is 0 Å². The topological polar surface area (TPSA) is 35.2 Å². The SMILES string of the molecule is NC1(Cc2c(F)ccc(Br)c2F)COc2ccccc2C1. The van der Waals surface area contributed by atoms with Crippen molar-refractivity contribution in [3.8, 4) is 5.75 Å². The second kappa shape index (κ2) is 5.39. The third-order valence-electron chi connectivity index (χ3n) is 3.70. The molecule has 0 amide bonds. The summed E-state index contributed by atoms with van der Waals surface area (Å²) >= 11 is 3.07. The monoisotopic (exact) mass is 353 g/mol. The first-order chi connectivity index (χ1) is 9.98. The van der Waals surface area contributed by atoms with Crippen LogP contribution in [-0.4, -0.2) is 12.1 Å². The Morgan fingerprint density at radius 2 is 1.95 bits per heavy atom. The highest BCUT2D eigenvalue weighted by Crippen LogP contribution is 2.32. The fourth-order valence-corrected chi connectivity index (χ4v) is 3.01. The molecule has 0 aliphatic carbocycles. The first kappa shape index (κ1) is 14.5. The fourth-order valence-electron chi connectivity index (χ4n) is 2.64. The summed E-state index contributed by atoms with van der Waals surface area (Å²) in [5, 5.41) is 0. The molecule has 2 nitrogen and oxygen atoms in total. The number of nitrogens with two attached hydrogens (primary N) is 1. The summed E-state index contributed by atoms with van der Waals surface area (Å²) < 4.78 is 33.9. The van der Waals surface area contributed by atoms with E-state index in [0.717, 1.165) is 11.3 Å². The molecular weight excluding hydrogens is 340 g/mol. The van der Waals surface area contributed by atoms with Crippen molar-refractivity contribution in [2.75, 3.05) is 6.61 Å². The third-order valence-corrected chi connectivity index (χ3v) is 4.31. The Kier molecular flexibility index (Phi) is 3.71. The van der Waals surface area contributed by atoms with Crippen LogP contribution in [0.4, 0.5) is 8.78 Å². The van der Waals surface area contributed by atoms with Crippen LogP contribution in [0.3, 0.4) is 0 Å². The molecule has 1 atom stereocenters. The lowest BCUT2D eigenvalue weighted by Gasteiger charge is -2.35. The van der Waals surface area contributed by atoms with E-state index in [9.17, 15) is 8.78 Å². The maximum Gasteiger partial charge on any atom is 0.143 e. The van der Waals surface area contributed by atoms with Crippen LogP contribution in [0, 0.1) is 11.6 Å². The van der Waals surface area contributed by atoms with Gasteiger partial charge in [0, 0.05) is 5.56 Å². The van der Waals surface area contributed by atoms with Crippen molar-refractivity contribution in [1.82, 2.24) is 0 Å². The van der Waals surface area contributed by atoms with Gasteiger partial charge >= 0.3 is 0 Å². The van der Waals surface area contributed by atoms with Gasteiger partial charge in [-0.1, -0.05) is 18.2 Å². The molecular formula is C16H14BrF2NO. The number of halogens is 3. The minimum absolute atomic E-state index is 0.00476. The van der Waals surface area contributed by atoms with E-state index in [0.29, 0.717) is 6.42 Å². The van der Waals surface area contributed by atoms with Crippen molar-refractivity contribution in [3.05, 3.63) is 63.6 Å². The van der Waals surface area contributed by atoms with Gasteiger partial charge in [0.25, 0.3) is 0 Å². The quantitative estimate of drug-likeness (QED) is 0.837. The summed E-state index contributed by atoms with van der Waals surface area (Å²) in [6.45, 7) is 0.232. The van der Waals surface area contributed by atoms with E-state index >= 15 is 0 Å². The smallest absolute Gasteiger partial charge is 0.143 e. The second-order valence-electron chi connectivity index (χ2n) is 5.43. The van der Waals surface area contributed by atoms with E-state index in [2.05, 4.69) is 15.9 Å². The van der Waals surface area contributed by atoms with E-state index in [4.69, 9.17) is 10.5 Å². The Morgan fingerprint density at radius 1 is 1.19 bits per heavy atom. The third kappa shape index (κ3) is 2.80. The Balaban J connectivity index is 1.91. The molecule has 0 spiro atoms. The van der Waals surface area contributed by atoms with Gasteiger partial charge in [0.05, 0.1) is 10.0 Å². The van der Waals surface area contributed by atoms with Crippen molar-refractivity contribution in [2.24, 2.45) is 5.73 Å². The van der Waals surface area contributed by atoms with E-state index in [1.807, 2.05) is 24.3 Å².